The van der Waals surface area contributed by atoms with Crippen molar-refractivity contribution in [3.8, 4) is 5.75 Å². The van der Waals surface area contributed by atoms with Crippen LogP contribution in [0.3, 0.4) is 0 Å². The number of benzene rings is 1. The topological polar surface area (TPSA) is 87.7 Å². The molecule has 1 aromatic carbocycles. The van der Waals surface area contributed by atoms with Crippen molar-refractivity contribution in [3.63, 3.8) is 0 Å². The van der Waals surface area contributed by atoms with Crippen LogP contribution in [-0.4, -0.2) is 30.9 Å². The quantitative estimate of drug-likeness (QED) is 0.754. The van der Waals surface area contributed by atoms with Gasteiger partial charge in [0.15, 0.2) is 6.61 Å². The number of ether oxygens (including phenoxy) is 1. The standard InChI is InChI=1S/C21H23N3O4S/c1-13-6-7-17-14(10-13)11-18(29-17)21(27)23-22-19(25)8-9-24-15-4-2-3-5-16(15)28-12-20(24)26/h2-5,11,13H,6-10,12H2,1H3,(H,22,25)(H,23,27). The third-order valence-electron chi connectivity index (χ3n) is 5.24. The molecule has 0 fully saturated rings. The highest BCUT2D eigenvalue weighted by Gasteiger charge is 2.25. The maximum Gasteiger partial charge on any atom is 0.279 e. The van der Waals surface area contributed by atoms with Crippen LogP contribution in [0.1, 0.15) is 39.9 Å². The first-order chi connectivity index (χ1) is 14.0. The normalized spacial score (nSPS) is 17.8. The molecule has 0 spiro atoms. The van der Waals surface area contributed by atoms with Crippen LogP contribution in [0.2, 0.25) is 0 Å². The van der Waals surface area contributed by atoms with Crippen LogP contribution in [0.15, 0.2) is 30.3 Å². The van der Waals surface area contributed by atoms with Gasteiger partial charge in [0.1, 0.15) is 5.75 Å². The third kappa shape index (κ3) is 4.27. The number of hydrazine groups is 1. The number of hydrogen-bond acceptors (Lipinski definition) is 5. The van der Waals surface area contributed by atoms with Gasteiger partial charge in [0, 0.05) is 17.8 Å². The molecule has 0 saturated heterocycles. The van der Waals surface area contributed by atoms with Crippen LogP contribution >= 0.6 is 11.3 Å². The van der Waals surface area contributed by atoms with E-state index >= 15 is 0 Å². The Labute approximate surface area is 173 Å². The summed E-state index contributed by atoms with van der Waals surface area (Å²) in [5, 5.41) is 0. The molecule has 2 heterocycles. The van der Waals surface area contributed by atoms with Gasteiger partial charge in [0.05, 0.1) is 10.6 Å². The third-order valence-corrected chi connectivity index (χ3v) is 6.48. The molecule has 4 rings (SSSR count). The van der Waals surface area contributed by atoms with Crippen molar-refractivity contribution in [2.45, 2.75) is 32.6 Å². The molecule has 2 aliphatic rings. The van der Waals surface area contributed by atoms with Crippen LogP contribution in [0.25, 0.3) is 0 Å². The molecular formula is C21H23N3O4S. The van der Waals surface area contributed by atoms with Gasteiger partial charge in [-0.15, -0.1) is 11.3 Å². The van der Waals surface area contributed by atoms with Gasteiger partial charge < -0.3 is 9.64 Å². The number of carbonyl (C=O) groups excluding carboxylic acids is 3. The highest BCUT2D eigenvalue weighted by Crippen LogP contribution is 2.32. The van der Waals surface area contributed by atoms with E-state index in [1.807, 2.05) is 18.2 Å². The van der Waals surface area contributed by atoms with Crippen molar-refractivity contribution >= 4 is 34.7 Å². The van der Waals surface area contributed by atoms with Crippen LogP contribution in [0.5, 0.6) is 5.75 Å². The number of thiophene rings is 1. The number of amides is 3. The lowest BCUT2D eigenvalue weighted by molar-refractivity contribution is -0.122. The Morgan fingerprint density at radius 2 is 2.10 bits per heavy atom. The summed E-state index contributed by atoms with van der Waals surface area (Å²) in [6.45, 7) is 2.39. The van der Waals surface area contributed by atoms with Gasteiger partial charge in [-0.25, -0.2) is 0 Å². The van der Waals surface area contributed by atoms with E-state index in [1.165, 1.54) is 26.7 Å². The van der Waals surface area contributed by atoms with Gasteiger partial charge in [0.2, 0.25) is 5.91 Å². The summed E-state index contributed by atoms with van der Waals surface area (Å²) >= 11 is 1.50. The van der Waals surface area contributed by atoms with Crippen molar-refractivity contribution in [1.29, 1.82) is 0 Å². The largest absolute Gasteiger partial charge is 0.482 e. The average Bonchev–Trinajstić information content (AvgIpc) is 3.14. The lowest BCUT2D eigenvalue weighted by Gasteiger charge is -2.29. The Morgan fingerprint density at radius 1 is 1.28 bits per heavy atom. The average molecular weight is 413 g/mol. The van der Waals surface area contributed by atoms with Gasteiger partial charge in [0.25, 0.3) is 11.8 Å². The summed E-state index contributed by atoms with van der Waals surface area (Å²) in [7, 11) is 0. The second kappa shape index (κ2) is 8.24. The summed E-state index contributed by atoms with van der Waals surface area (Å²) < 4.78 is 5.39. The molecular weight excluding hydrogens is 390 g/mol. The molecule has 8 heteroatoms. The van der Waals surface area contributed by atoms with E-state index in [2.05, 4.69) is 17.8 Å². The van der Waals surface area contributed by atoms with E-state index in [1.54, 1.807) is 12.1 Å². The molecule has 0 bridgehead atoms. The molecule has 1 atom stereocenters. The fourth-order valence-corrected chi connectivity index (χ4v) is 4.78. The number of anilines is 1. The lowest BCUT2D eigenvalue weighted by Crippen LogP contribution is -2.44. The van der Waals surface area contributed by atoms with Crippen molar-refractivity contribution in [2.75, 3.05) is 18.1 Å². The number of hydrogen-bond donors (Lipinski definition) is 2. The number of carbonyl (C=O) groups is 3. The van der Waals surface area contributed by atoms with E-state index < -0.39 is 0 Å². The van der Waals surface area contributed by atoms with Crippen molar-refractivity contribution in [2.24, 2.45) is 5.92 Å². The zero-order valence-corrected chi connectivity index (χ0v) is 17.0. The molecule has 152 valence electrons. The predicted octanol–water partition coefficient (Wildman–Crippen LogP) is 2.45. The fourth-order valence-electron chi connectivity index (χ4n) is 3.68. The molecule has 1 aliphatic heterocycles. The molecule has 2 aromatic rings. The van der Waals surface area contributed by atoms with E-state index in [4.69, 9.17) is 4.74 Å². The Morgan fingerprint density at radius 3 is 2.97 bits per heavy atom. The summed E-state index contributed by atoms with van der Waals surface area (Å²) in [4.78, 5) is 40.1. The van der Waals surface area contributed by atoms with Crippen molar-refractivity contribution in [1.82, 2.24) is 10.9 Å². The number of rotatable bonds is 4. The number of nitrogens with zero attached hydrogens (tertiary/aromatic N) is 1. The highest BCUT2D eigenvalue weighted by atomic mass is 32.1. The monoisotopic (exact) mass is 413 g/mol. The maximum absolute atomic E-state index is 12.4. The summed E-state index contributed by atoms with van der Waals surface area (Å²) in [5.74, 6) is 0.403. The van der Waals surface area contributed by atoms with Crippen molar-refractivity contribution < 1.29 is 19.1 Å². The Kier molecular flexibility index (Phi) is 5.53. The maximum atomic E-state index is 12.4. The van der Waals surface area contributed by atoms with Gasteiger partial charge in [-0.3, -0.25) is 25.2 Å². The zero-order chi connectivity index (χ0) is 20.4. The minimum Gasteiger partial charge on any atom is -0.482 e. The first-order valence-electron chi connectivity index (χ1n) is 9.74. The number of nitrogens with one attached hydrogen (secondary N) is 2. The Hall–Kier alpha value is -2.87. The summed E-state index contributed by atoms with van der Waals surface area (Å²) in [5.41, 5.74) is 6.83. The minimum absolute atomic E-state index is 0.0446. The molecule has 1 aromatic heterocycles. The number of aryl methyl sites for hydroxylation is 1. The lowest BCUT2D eigenvalue weighted by atomic mass is 9.90. The summed E-state index contributed by atoms with van der Waals surface area (Å²) in [6.07, 6.45) is 3.23. The number of para-hydroxylation sites is 2. The van der Waals surface area contributed by atoms with Crippen LogP contribution < -0.4 is 20.5 Å². The molecule has 1 unspecified atom stereocenters. The molecule has 2 N–H and O–H groups in total. The molecule has 3 amide bonds. The first-order valence-corrected chi connectivity index (χ1v) is 10.6. The van der Waals surface area contributed by atoms with E-state index in [-0.39, 0.29) is 37.3 Å². The second-order valence-corrected chi connectivity index (χ2v) is 8.60. The highest BCUT2D eigenvalue weighted by molar-refractivity contribution is 7.14. The zero-order valence-electron chi connectivity index (χ0n) is 16.2. The summed E-state index contributed by atoms with van der Waals surface area (Å²) in [6, 6.07) is 9.15. The van der Waals surface area contributed by atoms with Crippen LogP contribution in [0.4, 0.5) is 5.69 Å². The van der Waals surface area contributed by atoms with E-state index in [9.17, 15) is 14.4 Å². The van der Waals surface area contributed by atoms with Gasteiger partial charge in [-0.1, -0.05) is 19.1 Å². The Balaban J connectivity index is 1.30. The Bertz CT molecular complexity index is 955. The van der Waals surface area contributed by atoms with Crippen LogP contribution in [-0.2, 0) is 22.4 Å². The van der Waals surface area contributed by atoms with Crippen molar-refractivity contribution in [3.05, 3.63) is 45.6 Å². The smallest absolute Gasteiger partial charge is 0.279 e. The van der Waals surface area contributed by atoms with Gasteiger partial charge >= 0.3 is 0 Å². The van der Waals surface area contributed by atoms with E-state index in [0.717, 1.165) is 19.3 Å². The molecule has 1 aliphatic carbocycles. The molecule has 0 saturated carbocycles. The first kappa shape index (κ1) is 19.4. The molecule has 29 heavy (non-hydrogen) atoms. The number of fused-ring (bicyclic) bond motifs is 2. The fraction of sp³-hybridized carbons (Fsp3) is 0.381. The van der Waals surface area contributed by atoms with Gasteiger partial charge in [-0.2, -0.15) is 0 Å². The predicted molar refractivity (Wildman–Crippen MR) is 110 cm³/mol. The van der Waals surface area contributed by atoms with E-state index in [0.29, 0.717) is 22.2 Å². The van der Waals surface area contributed by atoms with Gasteiger partial charge in [-0.05, 0) is 48.9 Å². The SMILES string of the molecule is CC1CCc2sc(C(=O)NNC(=O)CCN3C(=O)COc4ccccc43)cc2C1. The molecule has 0 radical (unpaired) electrons. The second-order valence-electron chi connectivity index (χ2n) is 7.46. The molecule has 7 nitrogen and oxygen atoms in total. The van der Waals surface area contributed by atoms with Crippen LogP contribution in [0, 0.1) is 5.92 Å². The minimum atomic E-state index is -0.356.